The standard InChI is InChI=1S/C16H19NO2/c1-2-16(19-9-1)12-18-11-14-5-3-13(4-6-14)10-17-15-7-8-15/h1-6,9,15,17H,7-8,10-12H2. The molecule has 1 N–H and O–H groups in total. The van der Waals surface area contributed by atoms with Crippen molar-refractivity contribution in [1.82, 2.24) is 5.32 Å². The Kier molecular flexibility index (Phi) is 3.96. The van der Waals surface area contributed by atoms with Crippen LogP contribution in [0.15, 0.2) is 47.1 Å². The van der Waals surface area contributed by atoms with Crippen LogP contribution in [-0.4, -0.2) is 6.04 Å². The highest BCUT2D eigenvalue weighted by molar-refractivity contribution is 5.22. The van der Waals surface area contributed by atoms with E-state index in [0.29, 0.717) is 13.2 Å². The van der Waals surface area contributed by atoms with Gasteiger partial charge in [0.15, 0.2) is 0 Å². The molecule has 3 rings (SSSR count). The molecule has 1 aliphatic rings. The lowest BCUT2D eigenvalue weighted by Crippen LogP contribution is -2.15. The maximum Gasteiger partial charge on any atom is 0.129 e. The molecule has 0 saturated heterocycles. The molecular formula is C16H19NO2. The Morgan fingerprint density at radius 3 is 2.53 bits per heavy atom. The topological polar surface area (TPSA) is 34.4 Å². The van der Waals surface area contributed by atoms with Crippen LogP contribution in [0, 0.1) is 0 Å². The van der Waals surface area contributed by atoms with Gasteiger partial charge in [-0.25, -0.2) is 0 Å². The van der Waals surface area contributed by atoms with Gasteiger partial charge in [-0.1, -0.05) is 24.3 Å². The van der Waals surface area contributed by atoms with Crippen molar-refractivity contribution >= 4 is 0 Å². The van der Waals surface area contributed by atoms with Gasteiger partial charge in [0.2, 0.25) is 0 Å². The molecule has 19 heavy (non-hydrogen) atoms. The third-order valence-corrected chi connectivity index (χ3v) is 3.29. The van der Waals surface area contributed by atoms with E-state index < -0.39 is 0 Å². The molecule has 0 radical (unpaired) electrons. The van der Waals surface area contributed by atoms with E-state index in [9.17, 15) is 0 Å². The van der Waals surface area contributed by atoms with Gasteiger partial charge < -0.3 is 14.5 Å². The van der Waals surface area contributed by atoms with Crippen molar-refractivity contribution in [2.45, 2.75) is 38.6 Å². The Morgan fingerprint density at radius 2 is 1.84 bits per heavy atom. The SMILES string of the molecule is c1coc(COCc2ccc(CNC3CC3)cc2)c1. The van der Waals surface area contributed by atoms with Crippen molar-refractivity contribution < 1.29 is 9.15 Å². The van der Waals surface area contributed by atoms with Gasteiger partial charge in [0.1, 0.15) is 12.4 Å². The first-order chi connectivity index (χ1) is 9.40. The molecule has 0 atom stereocenters. The summed E-state index contributed by atoms with van der Waals surface area (Å²) in [5.41, 5.74) is 2.53. The minimum Gasteiger partial charge on any atom is -0.467 e. The molecule has 0 unspecified atom stereocenters. The molecule has 1 fully saturated rings. The summed E-state index contributed by atoms with van der Waals surface area (Å²) in [6, 6.07) is 13.2. The molecule has 1 heterocycles. The van der Waals surface area contributed by atoms with Gasteiger partial charge in [0, 0.05) is 12.6 Å². The summed E-state index contributed by atoms with van der Waals surface area (Å²) in [6.45, 7) is 2.12. The molecule has 0 spiro atoms. The summed E-state index contributed by atoms with van der Waals surface area (Å²) >= 11 is 0. The van der Waals surface area contributed by atoms with Crippen molar-refractivity contribution in [3.05, 3.63) is 59.5 Å². The van der Waals surface area contributed by atoms with Crippen molar-refractivity contribution in [2.75, 3.05) is 0 Å². The number of rotatable bonds is 7. The van der Waals surface area contributed by atoms with Gasteiger partial charge >= 0.3 is 0 Å². The second-order valence-electron chi connectivity index (χ2n) is 5.04. The predicted octanol–water partition coefficient (Wildman–Crippen LogP) is 3.25. The van der Waals surface area contributed by atoms with Crippen molar-refractivity contribution in [3.8, 4) is 0 Å². The van der Waals surface area contributed by atoms with Crippen molar-refractivity contribution in [1.29, 1.82) is 0 Å². The zero-order valence-electron chi connectivity index (χ0n) is 11.0. The van der Waals surface area contributed by atoms with Crippen LogP contribution in [0.5, 0.6) is 0 Å². The monoisotopic (exact) mass is 257 g/mol. The van der Waals surface area contributed by atoms with E-state index in [-0.39, 0.29) is 0 Å². The lowest BCUT2D eigenvalue weighted by Gasteiger charge is -2.06. The maximum atomic E-state index is 5.60. The fraction of sp³-hybridized carbons (Fsp3) is 0.375. The molecule has 1 aromatic carbocycles. The molecular weight excluding hydrogens is 238 g/mol. The summed E-state index contributed by atoms with van der Waals surface area (Å²) in [5, 5.41) is 3.51. The molecule has 0 aliphatic heterocycles. The van der Waals surface area contributed by atoms with Gasteiger partial charge in [-0.3, -0.25) is 0 Å². The van der Waals surface area contributed by atoms with E-state index in [4.69, 9.17) is 9.15 Å². The average Bonchev–Trinajstić information content (AvgIpc) is 3.13. The second kappa shape index (κ2) is 6.04. The first-order valence-electron chi connectivity index (χ1n) is 6.81. The van der Waals surface area contributed by atoms with Gasteiger partial charge in [0.05, 0.1) is 12.9 Å². The van der Waals surface area contributed by atoms with Crippen molar-refractivity contribution in [2.24, 2.45) is 0 Å². The first kappa shape index (κ1) is 12.5. The lowest BCUT2D eigenvalue weighted by molar-refractivity contribution is 0.0929. The molecule has 0 amide bonds. The summed E-state index contributed by atoms with van der Waals surface area (Å²) in [6.07, 6.45) is 4.33. The van der Waals surface area contributed by atoms with Crippen LogP contribution in [0.25, 0.3) is 0 Å². The van der Waals surface area contributed by atoms with Gasteiger partial charge in [-0.2, -0.15) is 0 Å². The molecule has 1 saturated carbocycles. The summed E-state index contributed by atoms with van der Waals surface area (Å²) in [5.74, 6) is 0.866. The van der Waals surface area contributed by atoms with E-state index in [2.05, 4.69) is 29.6 Å². The fourth-order valence-corrected chi connectivity index (χ4v) is 1.97. The summed E-state index contributed by atoms with van der Waals surface area (Å²) in [4.78, 5) is 0. The largest absolute Gasteiger partial charge is 0.467 e. The Balaban J connectivity index is 1.42. The molecule has 3 heteroatoms. The average molecular weight is 257 g/mol. The first-order valence-corrected chi connectivity index (χ1v) is 6.81. The van der Waals surface area contributed by atoms with Gasteiger partial charge in [-0.05, 0) is 36.1 Å². The third kappa shape index (κ3) is 3.94. The molecule has 1 aliphatic carbocycles. The molecule has 100 valence electrons. The highest BCUT2D eigenvalue weighted by Gasteiger charge is 2.19. The predicted molar refractivity (Wildman–Crippen MR) is 73.5 cm³/mol. The van der Waals surface area contributed by atoms with E-state index in [0.717, 1.165) is 18.3 Å². The van der Waals surface area contributed by atoms with E-state index in [1.54, 1.807) is 6.26 Å². The normalized spacial score (nSPS) is 14.7. The minimum atomic E-state index is 0.526. The summed E-state index contributed by atoms with van der Waals surface area (Å²) < 4.78 is 10.8. The highest BCUT2D eigenvalue weighted by Crippen LogP contribution is 2.19. The quantitative estimate of drug-likeness (QED) is 0.826. The number of furan rings is 1. The minimum absolute atomic E-state index is 0.526. The van der Waals surface area contributed by atoms with E-state index in [1.165, 1.54) is 24.0 Å². The molecule has 2 aromatic rings. The number of benzene rings is 1. The van der Waals surface area contributed by atoms with Crippen LogP contribution in [-0.2, 0) is 24.5 Å². The number of nitrogens with one attached hydrogen (secondary N) is 1. The highest BCUT2D eigenvalue weighted by atomic mass is 16.5. The van der Waals surface area contributed by atoms with Crippen LogP contribution in [0.2, 0.25) is 0 Å². The van der Waals surface area contributed by atoms with Gasteiger partial charge in [-0.15, -0.1) is 0 Å². The van der Waals surface area contributed by atoms with Crippen LogP contribution >= 0.6 is 0 Å². The maximum absolute atomic E-state index is 5.60. The fourth-order valence-electron chi connectivity index (χ4n) is 1.97. The molecule has 1 aromatic heterocycles. The van der Waals surface area contributed by atoms with E-state index >= 15 is 0 Å². The zero-order chi connectivity index (χ0) is 12.9. The Morgan fingerprint density at radius 1 is 1.05 bits per heavy atom. The number of hydrogen-bond donors (Lipinski definition) is 1. The van der Waals surface area contributed by atoms with Gasteiger partial charge in [0.25, 0.3) is 0 Å². The lowest BCUT2D eigenvalue weighted by atomic mass is 10.1. The number of ether oxygens (including phenoxy) is 1. The number of hydrogen-bond acceptors (Lipinski definition) is 3. The molecule has 3 nitrogen and oxygen atoms in total. The third-order valence-electron chi connectivity index (χ3n) is 3.29. The Bertz CT molecular complexity index is 486. The second-order valence-corrected chi connectivity index (χ2v) is 5.04. The molecule has 0 bridgehead atoms. The summed E-state index contributed by atoms with van der Waals surface area (Å²) in [7, 11) is 0. The smallest absolute Gasteiger partial charge is 0.129 e. The Labute approximate surface area is 113 Å². The van der Waals surface area contributed by atoms with Crippen LogP contribution in [0.1, 0.15) is 29.7 Å². The van der Waals surface area contributed by atoms with Crippen LogP contribution in [0.3, 0.4) is 0 Å². The zero-order valence-corrected chi connectivity index (χ0v) is 11.0. The van der Waals surface area contributed by atoms with Crippen LogP contribution in [0.4, 0.5) is 0 Å². The van der Waals surface area contributed by atoms with Crippen LogP contribution < -0.4 is 5.32 Å². The Hall–Kier alpha value is -1.58. The van der Waals surface area contributed by atoms with Crippen molar-refractivity contribution in [3.63, 3.8) is 0 Å². The van der Waals surface area contributed by atoms with E-state index in [1.807, 2.05) is 12.1 Å².